The van der Waals surface area contributed by atoms with Gasteiger partial charge in [-0.2, -0.15) is 0 Å². The van der Waals surface area contributed by atoms with Crippen molar-refractivity contribution in [3.63, 3.8) is 0 Å². The number of piperidine rings is 1. The highest BCUT2D eigenvalue weighted by atomic mass is 35.5. The van der Waals surface area contributed by atoms with Crippen LogP contribution in [0.15, 0.2) is 24.3 Å². The second kappa shape index (κ2) is 6.46. The molecule has 1 saturated heterocycles. The molecule has 2 atom stereocenters. The average molecular weight is 295 g/mol. The molecule has 3 heteroatoms. The van der Waals surface area contributed by atoms with Crippen LogP contribution >= 0.6 is 11.6 Å². The van der Waals surface area contributed by atoms with Crippen LogP contribution in [0, 0.1) is 5.41 Å². The van der Waals surface area contributed by atoms with Gasteiger partial charge in [-0.15, -0.1) is 0 Å². The minimum absolute atomic E-state index is 0.335. The maximum Gasteiger partial charge on any atom is 0.0408 e. The van der Waals surface area contributed by atoms with Gasteiger partial charge in [0.15, 0.2) is 0 Å². The predicted octanol–water partition coefficient (Wildman–Crippen LogP) is 3.76. The van der Waals surface area contributed by atoms with E-state index in [-0.39, 0.29) is 0 Å². The highest BCUT2D eigenvalue weighted by Gasteiger charge is 2.27. The Hall–Kier alpha value is -0.570. The van der Waals surface area contributed by atoms with E-state index in [9.17, 15) is 0 Å². The molecule has 2 rings (SSSR count). The summed E-state index contributed by atoms with van der Waals surface area (Å²) >= 11 is 6.13. The summed E-state index contributed by atoms with van der Waals surface area (Å²) in [5.41, 5.74) is 1.70. The largest absolute Gasteiger partial charge is 0.312 e. The molecule has 1 N–H and O–H groups in total. The molecule has 1 aliphatic rings. The van der Waals surface area contributed by atoms with Gasteiger partial charge in [-0.1, -0.05) is 44.5 Å². The number of likely N-dealkylation sites (N-methyl/N-ethyl adjacent to an activating group) is 1. The Kier molecular flexibility index (Phi) is 5.11. The molecule has 0 aromatic heterocycles. The molecule has 1 aromatic carbocycles. The zero-order valence-corrected chi connectivity index (χ0v) is 13.9. The number of hydrogen-bond donors (Lipinski definition) is 1. The first kappa shape index (κ1) is 15.8. The molecule has 0 saturated carbocycles. The van der Waals surface area contributed by atoms with Crippen molar-refractivity contribution < 1.29 is 0 Å². The molecule has 112 valence electrons. The van der Waals surface area contributed by atoms with E-state index in [0.717, 1.165) is 24.7 Å². The van der Waals surface area contributed by atoms with Crippen LogP contribution < -0.4 is 5.32 Å². The molecule has 1 aliphatic heterocycles. The third-order valence-corrected chi connectivity index (χ3v) is 4.11. The summed E-state index contributed by atoms with van der Waals surface area (Å²) in [4.78, 5) is 2.43. The maximum absolute atomic E-state index is 6.13. The summed E-state index contributed by atoms with van der Waals surface area (Å²) < 4.78 is 0. The summed E-state index contributed by atoms with van der Waals surface area (Å²) in [6.45, 7) is 10.2. The van der Waals surface area contributed by atoms with Gasteiger partial charge in [-0.05, 0) is 42.5 Å². The molecule has 1 fully saturated rings. The highest BCUT2D eigenvalue weighted by Crippen LogP contribution is 2.28. The van der Waals surface area contributed by atoms with Crippen molar-refractivity contribution in [3.8, 4) is 0 Å². The number of nitrogens with zero attached hydrogens (tertiary/aromatic N) is 1. The predicted molar refractivity (Wildman–Crippen MR) is 87.6 cm³/mol. The van der Waals surface area contributed by atoms with Gasteiger partial charge in [0.25, 0.3) is 0 Å². The number of likely N-dealkylation sites (tertiary alicyclic amines) is 1. The Bertz CT molecular complexity index is 439. The molecule has 1 heterocycles. The van der Waals surface area contributed by atoms with Crippen LogP contribution in [0.3, 0.4) is 0 Å². The summed E-state index contributed by atoms with van der Waals surface area (Å²) in [7, 11) is 2.21. The number of nitrogens with one attached hydrogen (secondary N) is 1. The van der Waals surface area contributed by atoms with E-state index in [2.05, 4.69) is 56.2 Å². The first-order valence-electron chi connectivity index (χ1n) is 7.51. The minimum Gasteiger partial charge on any atom is -0.312 e. The Balaban J connectivity index is 2.01. The molecular formula is C17H27ClN2. The Labute approximate surface area is 128 Å². The number of rotatable bonds is 3. The van der Waals surface area contributed by atoms with Gasteiger partial charge in [0, 0.05) is 30.7 Å². The van der Waals surface area contributed by atoms with Crippen LogP contribution in [-0.4, -0.2) is 37.6 Å². The van der Waals surface area contributed by atoms with E-state index >= 15 is 0 Å². The van der Waals surface area contributed by atoms with Gasteiger partial charge in [-0.25, -0.2) is 0 Å². The van der Waals surface area contributed by atoms with Crippen LogP contribution in [0.4, 0.5) is 0 Å². The minimum atomic E-state index is 0.335. The Morgan fingerprint density at radius 3 is 2.70 bits per heavy atom. The Morgan fingerprint density at radius 2 is 2.05 bits per heavy atom. The van der Waals surface area contributed by atoms with Crippen LogP contribution in [0.1, 0.15) is 38.7 Å². The average Bonchev–Trinajstić information content (AvgIpc) is 2.35. The lowest BCUT2D eigenvalue weighted by atomic mass is 9.87. The van der Waals surface area contributed by atoms with E-state index in [0.29, 0.717) is 17.4 Å². The van der Waals surface area contributed by atoms with Gasteiger partial charge < -0.3 is 10.2 Å². The fraction of sp³-hybridized carbons (Fsp3) is 0.647. The molecule has 0 bridgehead atoms. The van der Waals surface area contributed by atoms with Gasteiger partial charge in [0.1, 0.15) is 0 Å². The number of halogens is 1. The van der Waals surface area contributed by atoms with Crippen LogP contribution in [0.25, 0.3) is 0 Å². The molecule has 0 amide bonds. The molecule has 20 heavy (non-hydrogen) atoms. The second-order valence-corrected chi connectivity index (χ2v) is 7.78. The van der Waals surface area contributed by atoms with Gasteiger partial charge in [0.2, 0.25) is 0 Å². The zero-order chi connectivity index (χ0) is 14.8. The third-order valence-electron chi connectivity index (χ3n) is 3.87. The lowest BCUT2D eigenvalue weighted by molar-refractivity contribution is 0.193. The van der Waals surface area contributed by atoms with Crippen molar-refractivity contribution in [1.29, 1.82) is 0 Å². The van der Waals surface area contributed by atoms with E-state index in [4.69, 9.17) is 11.6 Å². The van der Waals surface area contributed by atoms with E-state index in [1.165, 1.54) is 12.0 Å². The third kappa shape index (κ3) is 4.76. The van der Waals surface area contributed by atoms with Gasteiger partial charge in [0.05, 0.1) is 0 Å². The summed E-state index contributed by atoms with van der Waals surface area (Å²) in [5, 5.41) is 4.57. The van der Waals surface area contributed by atoms with Gasteiger partial charge >= 0.3 is 0 Å². The molecular weight excluding hydrogens is 268 g/mol. The fourth-order valence-corrected chi connectivity index (χ4v) is 3.12. The van der Waals surface area contributed by atoms with Crippen molar-refractivity contribution in [2.24, 2.45) is 5.41 Å². The molecule has 0 radical (unpaired) electrons. The summed E-state index contributed by atoms with van der Waals surface area (Å²) in [5.74, 6) is 0.574. The number of benzene rings is 1. The van der Waals surface area contributed by atoms with E-state index in [1.54, 1.807) is 0 Å². The fourth-order valence-electron chi connectivity index (χ4n) is 2.92. The monoisotopic (exact) mass is 294 g/mol. The molecule has 0 aliphatic carbocycles. The topological polar surface area (TPSA) is 15.3 Å². The smallest absolute Gasteiger partial charge is 0.0408 e. The molecule has 1 aromatic rings. The van der Waals surface area contributed by atoms with Crippen molar-refractivity contribution in [3.05, 3.63) is 34.9 Å². The number of hydrogen-bond acceptors (Lipinski definition) is 2. The standard InChI is InChI=1S/C17H27ClN2/c1-17(2,3)12-19-16-9-14(10-20(4)11-16)13-6-5-7-15(18)8-13/h5-8,14,16,19H,9-12H2,1-4H3. The van der Waals surface area contributed by atoms with E-state index < -0.39 is 0 Å². The normalized spacial score (nSPS) is 24.9. The van der Waals surface area contributed by atoms with Crippen LogP contribution in [-0.2, 0) is 0 Å². The zero-order valence-electron chi connectivity index (χ0n) is 13.1. The second-order valence-electron chi connectivity index (χ2n) is 7.35. The molecule has 2 unspecified atom stereocenters. The lowest BCUT2D eigenvalue weighted by Gasteiger charge is -2.37. The van der Waals surface area contributed by atoms with Crippen molar-refractivity contribution in [2.75, 3.05) is 26.7 Å². The summed E-state index contributed by atoms with van der Waals surface area (Å²) in [6, 6.07) is 8.90. The highest BCUT2D eigenvalue weighted by molar-refractivity contribution is 6.30. The van der Waals surface area contributed by atoms with Gasteiger partial charge in [-0.3, -0.25) is 0 Å². The first-order valence-corrected chi connectivity index (χ1v) is 7.89. The molecule has 0 spiro atoms. The maximum atomic E-state index is 6.13. The quantitative estimate of drug-likeness (QED) is 0.913. The van der Waals surface area contributed by atoms with E-state index in [1.807, 2.05) is 6.07 Å². The lowest BCUT2D eigenvalue weighted by Crippen LogP contribution is -2.48. The Morgan fingerprint density at radius 1 is 1.30 bits per heavy atom. The van der Waals surface area contributed by atoms with Crippen molar-refractivity contribution in [2.45, 2.75) is 39.2 Å². The summed E-state index contributed by atoms with van der Waals surface area (Å²) in [6.07, 6.45) is 1.20. The van der Waals surface area contributed by atoms with Crippen LogP contribution in [0.2, 0.25) is 5.02 Å². The molecule has 2 nitrogen and oxygen atoms in total. The SMILES string of the molecule is CN1CC(NCC(C)(C)C)CC(c2cccc(Cl)c2)C1. The van der Waals surface area contributed by atoms with Crippen molar-refractivity contribution in [1.82, 2.24) is 10.2 Å². The van der Waals surface area contributed by atoms with Crippen molar-refractivity contribution >= 4 is 11.6 Å². The van der Waals surface area contributed by atoms with Crippen LogP contribution in [0.5, 0.6) is 0 Å². The first-order chi connectivity index (χ1) is 9.33.